The highest BCUT2D eigenvalue weighted by atomic mass is 16.6. The molecule has 1 N–H and O–H groups in total. The smallest absolute Gasteiger partial charge is 0.292 e. The summed E-state index contributed by atoms with van der Waals surface area (Å²) in [5, 5.41) is 22.7. The van der Waals surface area contributed by atoms with Crippen molar-refractivity contribution in [3.05, 3.63) is 33.9 Å². The number of benzene rings is 1. The maximum absolute atomic E-state index is 10.9. The normalized spacial score (nSPS) is 11.9. The van der Waals surface area contributed by atoms with Gasteiger partial charge in [0.15, 0.2) is 0 Å². The van der Waals surface area contributed by atoms with Crippen molar-refractivity contribution in [3.8, 4) is 6.07 Å². The molecule has 0 fully saturated rings. The van der Waals surface area contributed by atoms with Gasteiger partial charge in [0.2, 0.25) is 0 Å². The molecule has 0 aliphatic heterocycles. The zero-order valence-corrected chi connectivity index (χ0v) is 10.1. The van der Waals surface area contributed by atoms with Gasteiger partial charge < -0.3 is 5.32 Å². The van der Waals surface area contributed by atoms with Crippen molar-refractivity contribution in [2.24, 2.45) is 5.92 Å². The number of hydrogen-bond donors (Lipinski definition) is 1. The molecule has 1 unspecified atom stereocenters. The number of nitro groups is 1. The van der Waals surface area contributed by atoms with Crippen molar-refractivity contribution < 1.29 is 4.92 Å². The molecule has 0 radical (unpaired) electrons. The molecule has 0 saturated heterocycles. The van der Waals surface area contributed by atoms with Gasteiger partial charge in [-0.05, 0) is 25.0 Å². The monoisotopic (exact) mass is 233 g/mol. The van der Waals surface area contributed by atoms with Crippen LogP contribution in [0, 0.1) is 27.4 Å². The van der Waals surface area contributed by atoms with Crippen molar-refractivity contribution in [3.63, 3.8) is 0 Å². The van der Waals surface area contributed by atoms with Crippen molar-refractivity contribution in [2.75, 3.05) is 5.32 Å². The highest BCUT2D eigenvalue weighted by molar-refractivity contribution is 5.64. The summed E-state index contributed by atoms with van der Waals surface area (Å²) in [5.74, 6) is 0.348. The van der Waals surface area contributed by atoms with Gasteiger partial charge in [-0.15, -0.1) is 0 Å². The third-order valence-corrected chi connectivity index (χ3v) is 2.71. The van der Waals surface area contributed by atoms with Crippen LogP contribution >= 0.6 is 0 Å². The van der Waals surface area contributed by atoms with Crippen LogP contribution < -0.4 is 5.32 Å². The van der Waals surface area contributed by atoms with E-state index in [4.69, 9.17) is 5.26 Å². The van der Waals surface area contributed by atoms with Crippen LogP contribution in [0.15, 0.2) is 18.2 Å². The van der Waals surface area contributed by atoms with E-state index in [0.717, 1.165) is 0 Å². The second-order valence-electron chi connectivity index (χ2n) is 4.28. The summed E-state index contributed by atoms with van der Waals surface area (Å²) in [6, 6.07) is 6.39. The van der Waals surface area contributed by atoms with E-state index < -0.39 is 4.92 Å². The predicted molar refractivity (Wildman–Crippen MR) is 65.7 cm³/mol. The molecule has 0 aromatic heterocycles. The van der Waals surface area contributed by atoms with Crippen LogP contribution in [0.3, 0.4) is 0 Å². The van der Waals surface area contributed by atoms with E-state index in [-0.39, 0.29) is 11.7 Å². The lowest BCUT2D eigenvalue weighted by Gasteiger charge is -2.18. The lowest BCUT2D eigenvalue weighted by Crippen LogP contribution is -2.22. The molecule has 1 rings (SSSR count). The van der Waals surface area contributed by atoms with E-state index in [1.807, 2.05) is 26.8 Å². The van der Waals surface area contributed by atoms with Gasteiger partial charge in [0, 0.05) is 12.1 Å². The van der Waals surface area contributed by atoms with Crippen LogP contribution in [0.5, 0.6) is 0 Å². The van der Waals surface area contributed by atoms with Crippen LogP contribution in [0.1, 0.15) is 26.3 Å². The van der Waals surface area contributed by atoms with Crippen LogP contribution in [0.2, 0.25) is 0 Å². The Morgan fingerprint density at radius 1 is 1.41 bits per heavy atom. The Bertz CT molecular complexity index is 463. The topological polar surface area (TPSA) is 79.0 Å². The maximum Gasteiger partial charge on any atom is 0.292 e. The summed E-state index contributed by atoms with van der Waals surface area (Å²) >= 11 is 0. The van der Waals surface area contributed by atoms with Gasteiger partial charge in [-0.25, -0.2) is 0 Å². The van der Waals surface area contributed by atoms with Crippen molar-refractivity contribution in [1.29, 1.82) is 5.26 Å². The average molecular weight is 233 g/mol. The highest BCUT2D eigenvalue weighted by Gasteiger charge is 2.17. The van der Waals surface area contributed by atoms with Gasteiger partial charge >= 0.3 is 0 Å². The fourth-order valence-electron chi connectivity index (χ4n) is 1.29. The van der Waals surface area contributed by atoms with E-state index in [0.29, 0.717) is 17.2 Å². The van der Waals surface area contributed by atoms with E-state index in [1.54, 1.807) is 0 Å². The summed E-state index contributed by atoms with van der Waals surface area (Å²) < 4.78 is 0. The van der Waals surface area contributed by atoms with Crippen molar-refractivity contribution in [2.45, 2.75) is 26.8 Å². The molecule has 90 valence electrons. The van der Waals surface area contributed by atoms with Gasteiger partial charge in [-0.2, -0.15) is 5.26 Å². The lowest BCUT2D eigenvalue weighted by atomic mass is 10.1. The lowest BCUT2D eigenvalue weighted by molar-refractivity contribution is -0.384. The zero-order chi connectivity index (χ0) is 13.0. The number of nitriles is 1. The largest absolute Gasteiger partial charge is 0.377 e. The van der Waals surface area contributed by atoms with Gasteiger partial charge in [0.25, 0.3) is 5.69 Å². The molecule has 0 saturated carbocycles. The average Bonchev–Trinajstić information content (AvgIpc) is 2.28. The Labute approximate surface area is 100 Å². The van der Waals surface area contributed by atoms with Crippen LogP contribution in [0.25, 0.3) is 0 Å². The fraction of sp³-hybridized carbons (Fsp3) is 0.417. The van der Waals surface area contributed by atoms with Gasteiger partial charge in [-0.3, -0.25) is 10.1 Å². The second kappa shape index (κ2) is 5.30. The molecular weight excluding hydrogens is 218 g/mol. The van der Waals surface area contributed by atoms with E-state index in [1.165, 1.54) is 18.2 Å². The first-order valence-corrected chi connectivity index (χ1v) is 5.40. The first-order chi connectivity index (χ1) is 7.95. The molecule has 0 heterocycles. The molecule has 1 aromatic rings. The molecule has 0 aliphatic carbocycles. The predicted octanol–water partition coefficient (Wildman–Crippen LogP) is 2.92. The Kier molecular flexibility index (Phi) is 4.05. The second-order valence-corrected chi connectivity index (χ2v) is 4.28. The van der Waals surface area contributed by atoms with Crippen LogP contribution in [0.4, 0.5) is 11.4 Å². The highest BCUT2D eigenvalue weighted by Crippen LogP contribution is 2.26. The maximum atomic E-state index is 10.9. The number of nitrogens with one attached hydrogen (secondary N) is 1. The SMILES string of the molecule is CC(C)C(C)Nc1cc(C#N)ccc1[N+](=O)[O-]. The Morgan fingerprint density at radius 2 is 2.06 bits per heavy atom. The minimum atomic E-state index is -0.448. The molecule has 1 atom stereocenters. The molecule has 0 spiro atoms. The third-order valence-electron chi connectivity index (χ3n) is 2.71. The number of nitrogens with zero attached hydrogens (tertiary/aromatic N) is 2. The molecule has 0 amide bonds. The molecule has 17 heavy (non-hydrogen) atoms. The zero-order valence-electron chi connectivity index (χ0n) is 10.1. The summed E-state index contributed by atoms with van der Waals surface area (Å²) in [7, 11) is 0. The van der Waals surface area contributed by atoms with Gasteiger partial charge in [-0.1, -0.05) is 13.8 Å². The summed E-state index contributed by atoms with van der Waals surface area (Å²) in [6.45, 7) is 6.00. The minimum absolute atomic E-state index is 0.00324. The van der Waals surface area contributed by atoms with Crippen LogP contribution in [-0.2, 0) is 0 Å². The summed E-state index contributed by atoms with van der Waals surface area (Å²) in [4.78, 5) is 10.4. The fourth-order valence-corrected chi connectivity index (χ4v) is 1.29. The Morgan fingerprint density at radius 3 is 2.53 bits per heavy atom. The van der Waals surface area contributed by atoms with E-state index >= 15 is 0 Å². The molecule has 0 bridgehead atoms. The number of anilines is 1. The third kappa shape index (κ3) is 3.18. The first-order valence-electron chi connectivity index (χ1n) is 5.40. The number of rotatable bonds is 4. The molecule has 0 aliphatic rings. The van der Waals surface area contributed by atoms with E-state index in [2.05, 4.69) is 5.32 Å². The summed E-state index contributed by atoms with van der Waals surface area (Å²) in [5.41, 5.74) is 0.806. The molecular formula is C12H15N3O2. The quantitative estimate of drug-likeness (QED) is 0.640. The molecule has 1 aromatic carbocycles. The standard InChI is InChI=1S/C12H15N3O2/c1-8(2)9(3)14-11-6-10(7-13)4-5-12(11)15(16)17/h4-6,8-9,14H,1-3H3. The van der Waals surface area contributed by atoms with Crippen molar-refractivity contribution >= 4 is 11.4 Å². The Hall–Kier alpha value is -2.09. The minimum Gasteiger partial charge on any atom is -0.377 e. The van der Waals surface area contributed by atoms with Gasteiger partial charge in [0.1, 0.15) is 5.69 Å². The first kappa shape index (κ1) is 13.0. The Balaban J connectivity index is 3.10. The summed E-state index contributed by atoms with van der Waals surface area (Å²) in [6.07, 6.45) is 0. The van der Waals surface area contributed by atoms with E-state index in [9.17, 15) is 10.1 Å². The van der Waals surface area contributed by atoms with Gasteiger partial charge in [0.05, 0.1) is 16.6 Å². The van der Waals surface area contributed by atoms with Crippen molar-refractivity contribution in [1.82, 2.24) is 0 Å². The molecule has 5 heteroatoms. The number of hydrogen-bond acceptors (Lipinski definition) is 4. The number of nitro benzene ring substituents is 1. The molecule has 5 nitrogen and oxygen atoms in total. The van der Waals surface area contributed by atoms with Crippen LogP contribution in [-0.4, -0.2) is 11.0 Å².